The first-order valence-corrected chi connectivity index (χ1v) is 6.62. The van der Waals surface area contributed by atoms with Crippen molar-refractivity contribution in [2.45, 2.75) is 25.1 Å². The molecule has 2 saturated heterocycles. The van der Waals surface area contributed by atoms with Crippen LogP contribution in [0.1, 0.15) is 19.8 Å². The highest BCUT2D eigenvalue weighted by Crippen LogP contribution is 2.23. The fraction of sp³-hybridized carbons (Fsp3) is 1.00. The van der Waals surface area contributed by atoms with Crippen molar-refractivity contribution >= 4 is 11.6 Å². The number of nitrogens with zero attached hydrogens (tertiary/aromatic N) is 2. The van der Waals surface area contributed by atoms with E-state index in [9.17, 15) is 0 Å². The summed E-state index contributed by atoms with van der Waals surface area (Å²) < 4.78 is 0. The summed E-state index contributed by atoms with van der Waals surface area (Å²) in [6.07, 6.45) is 2.57. The molecule has 0 aromatic rings. The lowest BCUT2D eigenvalue weighted by Crippen LogP contribution is -2.42. The van der Waals surface area contributed by atoms with Crippen molar-refractivity contribution in [3.63, 3.8) is 0 Å². The maximum Gasteiger partial charge on any atom is 0.0466 e. The molecule has 0 bridgehead atoms. The zero-order chi connectivity index (χ0) is 10.8. The molecule has 2 aliphatic rings. The van der Waals surface area contributed by atoms with E-state index in [0.717, 1.165) is 18.4 Å². The van der Waals surface area contributed by atoms with E-state index in [-0.39, 0.29) is 0 Å². The molecule has 2 rings (SSSR count). The molecule has 88 valence electrons. The van der Waals surface area contributed by atoms with Gasteiger partial charge in [-0.15, -0.1) is 11.6 Å². The first-order valence-electron chi connectivity index (χ1n) is 6.18. The number of hydrogen-bond acceptors (Lipinski definition) is 2. The molecule has 3 heteroatoms. The molecule has 0 aromatic heterocycles. The average Bonchev–Trinajstić information content (AvgIpc) is 2.49. The minimum Gasteiger partial charge on any atom is -0.306 e. The first kappa shape index (κ1) is 11.7. The van der Waals surface area contributed by atoms with E-state index >= 15 is 0 Å². The molecule has 0 aromatic carbocycles. The van der Waals surface area contributed by atoms with E-state index in [0.29, 0.717) is 5.38 Å². The van der Waals surface area contributed by atoms with Gasteiger partial charge in [-0.1, -0.05) is 6.92 Å². The molecule has 2 fully saturated rings. The Balaban J connectivity index is 1.78. The molecule has 0 saturated carbocycles. The van der Waals surface area contributed by atoms with Crippen LogP contribution in [0.4, 0.5) is 0 Å². The second kappa shape index (κ2) is 5.03. The lowest BCUT2D eigenvalue weighted by molar-refractivity contribution is 0.163. The number of halogens is 1. The van der Waals surface area contributed by atoms with Crippen LogP contribution in [0.15, 0.2) is 0 Å². The highest BCUT2D eigenvalue weighted by molar-refractivity contribution is 6.20. The van der Waals surface area contributed by atoms with Gasteiger partial charge in [-0.3, -0.25) is 0 Å². The molecule has 0 amide bonds. The van der Waals surface area contributed by atoms with Crippen molar-refractivity contribution in [1.82, 2.24) is 9.80 Å². The Morgan fingerprint density at radius 3 is 2.67 bits per heavy atom. The van der Waals surface area contributed by atoms with Gasteiger partial charge < -0.3 is 9.80 Å². The maximum absolute atomic E-state index is 6.27. The van der Waals surface area contributed by atoms with Gasteiger partial charge in [0.2, 0.25) is 0 Å². The van der Waals surface area contributed by atoms with Crippen LogP contribution >= 0.6 is 11.6 Å². The van der Waals surface area contributed by atoms with Gasteiger partial charge in [-0.2, -0.15) is 0 Å². The predicted octanol–water partition coefficient (Wildman–Crippen LogP) is 1.89. The molecule has 0 N–H and O–H groups in total. The molecule has 2 aliphatic heterocycles. The Morgan fingerprint density at radius 1 is 1.27 bits per heavy atom. The van der Waals surface area contributed by atoms with Crippen molar-refractivity contribution in [1.29, 1.82) is 0 Å². The molecule has 0 radical (unpaired) electrons. The van der Waals surface area contributed by atoms with Crippen LogP contribution < -0.4 is 0 Å². The Kier molecular flexibility index (Phi) is 3.92. The molecule has 15 heavy (non-hydrogen) atoms. The van der Waals surface area contributed by atoms with Crippen molar-refractivity contribution in [3.05, 3.63) is 0 Å². The number of likely N-dealkylation sites (tertiary alicyclic amines) is 2. The summed E-state index contributed by atoms with van der Waals surface area (Å²) in [5.41, 5.74) is 0. The van der Waals surface area contributed by atoms with Gasteiger partial charge >= 0.3 is 0 Å². The van der Waals surface area contributed by atoms with Crippen molar-refractivity contribution in [2.75, 3.05) is 39.8 Å². The number of rotatable bonds is 2. The topological polar surface area (TPSA) is 6.48 Å². The molecule has 2 nitrogen and oxygen atoms in total. The minimum atomic E-state index is 0.382. The van der Waals surface area contributed by atoms with Gasteiger partial charge in [0, 0.05) is 31.6 Å². The van der Waals surface area contributed by atoms with Crippen LogP contribution in [0.2, 0.25) is 0 Å². The van der Waals surface area contributed by atoms with Gasteiger partial charge in [0.05, 0.1) is 0 Å². The highest BCUT2D eigenvalue weighted by atomic mass is 35.5. The fourth-order valence-corrected chi connectivity index (χ4v) is 3.57. The summed E-state index contributed by atoms with van der Waals surface area (Å²) in [5, 5.41) is 0.382. The second-order valence-corrected chi connectivity index (χ2v) is 6.19. The predicted molar refractivity (Wildman–Crippen MR) is 65.5 cm³/mol. The maximum atomic E-state index is 6.27. The van der Waals surface area contributed by atoms with Crippen LogP contribution in [0.25, 0.3) is 0 Å². The lowest BCUT2D eigenvalue weighted by Gasteiger charge is -2.35. The zero-order valence-corrected chi connectivity index (χ0v) is 10.7. The third-order valence-electron chi connectivity index (χ3n) is 3.69. The van der Waals surface area contributed by atoms with Gasteiger partial charge in [-0.05, 0) is 38.3 Å². The Labute approximate surface area is 98.6 Å². The Morgan fingerprint density at radius 2 is 2.07 bits per heavy atom. The first-order chi connectivity index (χ1) is 7.13. The largest absolute Gasteiger partial charge is 0.306 e. The number of piperidine rings is 1. The quantitative estimate of drug-likeness (QED) is 0.669. The van der Waals surface area contributed by atoms with E-state index in [1.54, 1.807) is 0 Å². The third-order valence-corrected chi connectivity index (χ3v) is 4.01. The third kappa shape index (κ3) is 3.33. The molecule has 0 aliphatic carbocycles. The summed E-state index contributed by atoms with van der Waals surface area (Å²) in [6, 6.07) is 0. The lowest BCUT2D eigenvalue weighted by atomic mass is 9.98. The fourth-order valence-electron chi connectivity index (χ4n) is 3.07. The smallest absolute Gasteiger partial charge is 0.0466 e. The molecule has 0 spiro atoms. The van der Waals surface area contributed by atoms with Gasteiger partial charge in [-0.25, -0.2) is 0 Å². The average molecular weight is 231 g/mol. The summed E-state index contributed by atoms with van der Waals surface area (Å²) in [7, 11) is 2.23. The second-order valence-electron chi connectivity index (χ2n) is 5.57. The molecule has 3 atom stereocenters. The zero-order valence-electron chi connectivity index (χ0n) is 9.95. The number of hydrogen-bond donors (Lipinski definition) is 0. The minimum absolute atomic E-state index is 0.382. The molecular formula is C12H23ClN2. The van der Waals surface area contributed by atoms with E-state index in [2.05, 4.69) is 23.8 Å². The number of alkyl halides is 1. The Bertz CT molecular complexity index is 200. The van der Waals surface area contributed by atoms with Gasteiger partial charge in [0.1, 0.15) is 0 Å². The van der Waals surface area contributed by atoms with E-state index in [1.165, 1.54) is 39.0 Å². The molecular weight excluding hydrogens is 208 g/mol. The van der Waals surface area contributed by atoms with E-state index in [1.807, 2.05) is 0 Å². The van der Waals surface area contributed by atoms with E-state index in [4.69, 9.17) is 11.6 Å². The van der Waals surface area contributed by atoms with Crippen LogP contribution in [-0.2, 0) is 0 Å². The highest BCUT2D eigenvalue weighted by Gasteiger charge is 2.27. The van der Waals surface area contributed by atoms with Crippen molar-refractivity contribution < 1.29 is 0 Å². The van der Waals surface area contributed by atoms with Crippen LogP contribution in [0.3, 0.4) is 0 Å². The Hall–Kier alpha value is 0.210. The van der Waals surface area contributed by atoms with Gasteiger partial charge in [0.15, 0.2) is 0 Å². The van der Waals surface area contributed by atoms with Crippen LogP contribution in [-0.4, -0.2) is 54.9 Å². The monoisotopic (exact) mass is 230 g/mol. The van der Waals surface area contributed by atoms with Crippen molar-refractivity contribution in [2.24, 2.45) is 11.8 Å². The normalized spacial score (nSPS) is 39.8. The molecule has 2 heterocycles. The summed E-state index contributed by atoms with van der Waals surface area (Å²) in [5.74, 6) is 1.66. The SMILES string of the molecule is CC1CC(Cl)CN(CC2CCN(C)C2)C1. The van der Waals surface area contributed by atoms with Crippen LogP contribution in [0.5, 0.6) is 0 Å². The standard InChI is InChI=1S/C12H23ClN2/c1-10-5-12(13)9-15(6-10)8-11-3-4-14(2)7-11/h10-12H,3-9H2,1-2H3. The summed E-state index contributed by atoms with van der Waals surface area (Å²) in [4.78, 5) is 5.02. The van der Waals surface area contributed by atoms with Crippen molar-refractivity contribution in [3.8, 4) is 0 Å². The summed E-state index contributed by atoms with van der Waals surface area (Å²) >= 11 is 6.27. The molecule has 3 unspecified atom stereocenters. The summed E-state index contributed by atoms with van der Waals surface area (Å²) in [6.45, 7) is 8.49. The van der Waals surface area contributed by atoms with E-state index < -0.39 is 0 Å². The van der Waals surface area contributed by atoms with Crippen LogP contribution in [0, 0.1) is 11.8 Å². The van der Waals surface area contributed by atoms with Gasteiger partial charge in [0.25, 0.3) is 0 Å².